The summed E-state index contributed by atoms with van der Waals surface area (Å²) in [5, 5.41) is 4.28. The normalized spacial score (nSPS) is 16.1. The molecule has 4 rings (SSSR count). The van der Waals surface area contributed by atoms with Crippen LogP contribution in [0.15, 0.2) is 28.8 Å². The third-order valence-corrected chi connectivity index (χ3v) is 6.08. The van der Waals surface area contributed by atoms with Gasteiger partial charge in [0.15, 0.2) is 5.79 Å². The van der Waals surface area contributed by atoms with Gasteiger partial charge in [0, 0.05) is 28.4 Å². The maximum Gasteiger partial charge on any atom is 0.258 e. The molecule has 2 aromatic heterocycles. The summed E-state index contributed by atoms with van der Waals surface area (Å²) in [6.07, 6.45) is 1.74. The standard InChI is InChI=1S/C28H37N3O4/c1-8-21-12-22(10-18(4)25(21)32-14-20-15-33-28(6,7)34-16-20)26-30-27(35-31-26)23-11-19(5)29-24(13-23)9-17(2)3/h10-13,17,20H,8-9,14-16H2,1-7H3. The lowest BCUT2D eigenvalue weighted by molar-refractivity contribution is -0.264. The summed E-state index contributed by atoms with van der Waals surface area (Å²) in [5.41, 5.74) is 5.96. The van der Waals surface area contributed by atoms with Crippen LogP contribution in [0.4, 0.5) is 0 Å². The van der Waals surface area contributed by atoms with E-state index in [9.17, 15) is 0 Å². The molecule has 1 saturated heterocycles. The molecule has 0 bridgehead atoms. The molecule has 35 heavy (non-hydrogen) atoms. The number of aromatic nitrogens is 3. The molecule has 0 aliphatic carbocycles. The minimum atomic E-state index is -0.517. The van der Waals surface area contributed by atoms with Gasteiger partial charge in [-0.3, -0.25) is 4.98 Å². The van der Waals surface area contributed by atoms with Gasteiger partial charge in [0.25, 0.3) is 5.89 Å². The van der Waals surface area contributed by atoms with E-state index in [-0.39, 0.29) is 5.92 Å². The number of pyridine rings is 1. The highest BCUT2D eigenvalue weighted by molar-refractivity contribution is 5.64. The molecule has 3 aromatic rings. The Balaban J connectivity index is 1.53. The SMILES string of the molecule is CCc1cc(-c2noc(-c3cc(C)nc(CC(C)C)c3)n2)cc(C)c1OCC1COC(C)(C)OC1. The molecule has 0 atom stereocenters. The van der Waals surface area contributed by atoms with Crippen molar-refractivity contribution in [1.29, 1.82) is 0 Å². The monoisotopic (exact) mass is 479 g/mol. The lowest BCUT2D eigenvalue weighted by atomic mass is 10.0. The highest BCUT2D eigenvalue weighted by Gasteiger charge is 2.29. The predicted molar refractivity (Wildman–Crippen MR) is 135 cm³/mol. The van der Waals surface area contributed by atoms with Crippen molar-refractivity contribution in [3.63, 3.8) is 0 Å². The fraction of sp³-hybridized carbons (Fsp3) is 0.536. The van der Waals surface area contributed by atoms with Gasteiger partial charge in [-0.15, -0.1) is 0 Å². The van der Waals surface area contributed by atoms with E-state index >= 15 is 0 Å². The largest absolute Gasteiger partial charge is 0.493 e. The Morgan fingerprint density at radius 2 is 1.77 bits per heavy atom. The zero-order valence-corrected chi connectivity index (χ0v) is 22.0. The van der Waals surface area contributed by atoms with Crippen molar-refractivity contribution in [2.75, 3.05) is 19.8 Å². The van der Waals surface area contributed by atoms with Gasteiger partial charge in [-0.2, -0.15) is 4.98 Å². The van der Waals surface area contributed by atoms with Crippen molar-refractivity contribution >= 4 is 0 Å². The third kappa shape index (κ3) is 6.27. The first-order valence-corrected chi connectivity index (χ1v) is 12.5. The van der Waals surface area contributed by atoms with Crippen LogP contribution in [0, 0.1) is 25.7 Å². The Bertz CT molecular complexity index is 1160. The predicted octanol–water partition coefficient (Wildman–Crippen LogP) is 5.95. The van der Waals surface area contributed by atoms with Crippen LogP contribution in [0.1, 0.15) is 57.1 Å². The van der Waals surface area contributed by atoms with E-state index in [1.807, 2.05) is 32.9 Å². The molecular formula is C28H37N3O4. The topological polar surface area (TPSA) is 79.5 Å². The lowest BCUT2D eigenvalue weighted by Gasteiger charge is -2.34. The average Bonchev–Trinajstić information content (AvgIpc) is 3.28. The highest BCUT2D eigenvalue weighted by Crippen LogP contribution is 2.32. The molecule has 1 aliphatic rings. The van der Waals surface area contributed by atoms with Crippen LogP contribution in [0.3, 0.4) is 0 Å². The van der Waals surface area contributed by atoms with Crippen LogP contribution in [0.2, 0.25) is 0 Å². The number of hydrogen-bond donors (Lipinski definition) is 0. The van der Waals surface area contributed by atoms with Gasteiger partial charge in [-0.25, -0.2) is 0 Å². The number of benzene rings is 1. The van der Waals surface area contributed by atoms with Crippen LogP contribution < -0.4 is 4.74 Å². The summed E-state index contributed by atoms with van der Waals surface area (Å²) in [4.78, 5) is 9.36. The fourth-order valence-electron chi connectivity index (χ4n) is 4.31. The van der Waals surface area contributed by atoms with Crippen LogP contribution >= 0.6 is 0 Å². The molecule has 188 valence electrons. The van der Waals surface area contributed by atoms with Crippen LogP contribution in [0.25, 0.3) is 22.8 Å². The molecule has 7 heteroatoms. The lowest BCUT2D eigenvalue weighted by Crippen LogP contribution is -2.41. The Hall–Kier alpha value is -2.77. The van der Waals surface area contributed by atoms with Gasteiger partial charge >= 0.3 is 0 Å². The zero-order chi connectivity index (χ0) is 25.2. The van der Waals surface area contributed by atoms with Gasteiger partial charge in [-0.05, 0) is 81.8 Å². The zero-order valence-electron chi connectivity index (χ0n) is 22.0. The molecule has 0 N–H and O–H groups in total. The van der Waals surface area contributed by atoms with Gasteiger partial charge in [0.05, 0.1) is 19.8 Å². The van der Waals surface area contributed by atoms with E-state index in [2.05, 4.69) is 50.0 Å². The Morgan fingerprint density at radius 3 is 2.46 bits per heavy atom. The van der Waals surface area contributed by atoms with Gasteiger partial charge in [0.2, 0.25) is 5.82 Å². The van der Waals surface area contributed by atoms with Crippen LogP contribution in [-0.4, -0.2) is 40.7 Å². The van der Waals surface area contributed by atoms with E-state index in [4.69, 9.17) is 23.7 Å². The molecule has 0 unspecified atom stereocenters. The molecule has 0 radical (unpaired) electrons. The second kappa shape index (κ2) is 10.5. The first-order chi connectivity index (χ1) is 16.6. The van der Waals surface area contributed by atoms with E-state index in [0.717, 1.165) is 52.2 Å². The maximum absolute atomic E-state index is 6.26. The van der Waals surface area contributed by atoms with Crippen LogP contribution in [0.5, 0.6) is 5.75 Å². The number of hydrogen-bond acceptors (Lipinski definition) is 7. The number of nitrogens with zero attached hydrogens (tertiary/aromatic N) is 3. The number of aryl methyl sites for hydroxylation is 3. The van der Waals surface area contributed by atoms with Crippen molar-refractivity contribution < 1.29 is 18.7 Å². The van der Waals surface area contributed by atoms with Crippen LogP contribution in [-0.2, 0) is 22.3 Å². The number of ether oxygens (including phenoxy) is 3. The van der Waals surface area contributed by atoms with Gasteiger partial charge < -0.3 is 18.7 Å². The van der Waals surface area contributed by atoms with E-state index in [1.165, 1.54) is 0 Å². The molecule has 0 spiro atoms. The Kier molecular flexibility index (Phi) is 7.57. The highest BCUT2D eigenvalue weighted by atomic mass is 16.7. The Morgan fingerprint density at radius 1 is 1.03 bits per heavy atom. The minimum Gasteiger partial charge on any atom is -0.493 e. The van der Waals surface area contributed by atoms with Crippen molar-refractivity contribution in [3.05, 3.63) is 46.8 Å². The van der Waals surface area contributed by atoms with E-state index in [1.54, 1.807) is 0 Å². The van der Waals surface area contributed by atoms with Crippen molar-refractivity contribution in [1.82, 2.24) is 15.1 Å². The molecule has 7 nitrogen and oxygen atoms in total. The third-order valence-electron chi connectivity index (χ3n) is 6.08. The summed E-state index contributed by atoms with van der Waals surface area (Å²) in [7, 11) is 0. The summed E-state index contributed by atoms with van der Waals surface area (Å²) >= 11 is 0. The minimum absolute atomic E-state index is 0.205. The summed E-state index contributed by atoms with van der Waals surface area (Å²) in [5.74, 6) is 2.20. The van der Waals surface area contributed by atoms with E-state index < -0.39 is 5.79 Å². The molecule has 0 amide bonds. The van der Waals surface area contributed by atoms with Gasteiger partial charge in [0.1, 0.15) is 5.75 Å². The molecule has 0 saturated carbocycles. The second-order valence-corrected chi connectivity index (χ2v) is 10.3. The molecule has 3 heterocycles. The fourth-order valence-corrected chi connectivity index (χ4v) is 4.31. The molecule has 1 fully saturated rings. The summed E-state index contributed by atoms with van der Waals surface area (Å²) < 4.78 is 23.5. The average molecular weight is 480 g/mol. The first-order valence-electron chi connectivity index (χ1n) is 12.5. The van der Waals surface area contributed by atoms with Gasteiger partial charge in [-0.1, -0.05) is 25.9 Å². The molecule has 1 aliphatic heterocycles. The van der Waals surface area contributed by atoms with Crippen molar-refractivity contribution in [3.8, 4) is 28.6 Å². The summed E-state index contributed by atoms with van der Waals surface area (Å²) in [6, 6.07) is 8.18. The smallest absolute Gasteiger partial charge is 0.258 e. The quantitative estimate of drug-likeness (QED) is 0.395. The number of rotatable bonds is 8. The Labute approximate surface area is 208 Å². The van der Waals surface area contributed by atoms with Crippen molar-refractivity contribution in [2.45, 2.75) is 67.1 Å². The maximum atomic E-state index is 6.26. The van der Waals surface area contributed by atoms with E-state index in [0.29, 0.717) is 37.5 Å². The molecular weight excluding hydrogens is 442 g/mol. The summed E-state index contributed by atoms with van der Waals surface area (Å²) in [6.45, 7) is 16.2. The second-order valence-electron chi connectivity index (χ2n) is 10.3. The molecule has 1 aromatic carbocycles. The first kappa shape index (κ1) is 25.3. The van der Waals surface area contributed by atoms with Crippen molar-refractivity contribution in [2.24, 2.45) is 11.8 Å².